The summed E-state index contributed by atoms with van der Waals surface area (Å²) in [5.41, 5.74) is 0.612. The van der Waals surface area contributed by atoms with Crippen LogP contribution in [-0.2, 0) is 4.79 Å². The van der Waals surface area contributed by atoms with Gasteiger partial charge in [0.2, 0.25) is 5.91 Å². The highest BCUT2D eigenvalue weighted by atomic mass is 35.5. The van der Waals surface area contributed by atoms with E-state index in [4.69, 9.17) is 22.8 Å². The van der Waals surface area contributed by atoms with E-state index in [1.54, 1.807) is 18.2 Å². The van der Waals surface area contributed by atoms with Crippen molar-refractivity contribution in [1.29, 1.82) is 0 Å². The van der Waals surface area contributed by atoms with Crippen LogP contribution in [0.4, 0.5) is 15.8 Å². The maximum atomic E-state index is 14.1. The lowest BCUT2D eigenvalue weighted by atomic mass is 10.0. The van der Waals surface area contributed by atoms with Gasteiger partial charge < -0.3 is 15.4 Å². The zero-order valence-electron chi connectivity index (χ0n) is 17.1. The molecule has 2 aromatic carbocycles. The Labute approximate surface area is 185 Å². The lowest BCUT2D eigenvalue weighted by Crippen LogP contribution is -2.47. The Morgan fingerprint density at radius 2 is 2.06 bits per heavy atom. The van der Waals surface area contributed by atoms with Crippen molar-refractivity contribution < 1.29 is 18.7 Å². The maximum Gasteiger partial charge on any atom is 0.258 e. The molecule has 2 amide bonds. The molecular weight excluding hydrogens is 421 g/mol. The number of rotatable bonds is 6. The molecule has 31 heavy (non-hydrogen) atoms. The number of benzene rings is 2. The standard InChI is InChI=1S/C23H23ClFN3O3/c1-3-11-28-12-5-4-6-20(28)23(30)26-16-8-10-21(31-2)19(14-16)27-22(29)17-9-7-15(24)13-18(17)25/h1,7-10,13-14,20H,4-6,11-12H2,2H3,(H,26,30)(H,27,29). The summed E-state index contributed by atoms with van der Waals surface area (Å²) in [5.74, 6) is 1.40. The molecule has 6 nitrogen and oxygen atoms in total. The Bertz CT molecular complexity index is 1020. The fourth-order valence-electron chi connectivity index (χ4n) is 3.57. The first kappa shape index (κ1) is 22.6. The normalized spacial score (nSPS) is 16.3. The molecule has 2 aromatic rings. The van der Waals surface area contributed by atoms with Crippen molar-refractivity contribution in [3.8, 4) is 18.1 Å². The van der Waals surface area contributed by atoms with Crippen molar-refractivity contribution in [2.24, 2.45) is 0 Å². The number of amides is 2. The van der Waals surface area contributed by atoms with E-state index in [0.29, 0.717) is 23.7 Å². The number of carbonyl (C=O) groups excluding carboxylic acids is 2. The molecule has 1 fully saturated rings. The highest BCUT2D eigenvalue weighted by molar-refractivity contribution is 6.30. The van der Waals surface area contributed by atoms with Gasteiger partial charge in [0, 0.05) is 10.7 Å². The van der Waals surface area contributed by atoms with Gasteiger partial charge in [-0.25, -0.2) is 4.39 Å². The molecule has 1 saturated heterocycles. The SMILES string of the molecule is C#CCN1CCCCC1C(=O)Nc1ccc(OC)c(NC(=O)c2ccc(Cl)cc2F)c1. The molecule has 1 heterocycles. The van der Waals surface area contributed by atoms with E-state index in [-0.39, 0.29) is 22.5 Å². The number of hydrogen-bond acceptors (Lipinski definition) is 4. The van der Waals surface area contributed by atoms with Crippen LogP contribution in [0.5, 0.6) is 5.75 Å². The van der Waals surface area contributed by atoms with Crippen LogP contribution in [-0.4, -0.2) is 43.0 Å². The molecule has 2 N–H and O–H groups in total. The summed E-state index contributed by atoms with van der Waals surface area (Å²) in [6.07, 6.45) is 8.11. The van der Waals surface area contributed by atoms with Gasteiger partial charge in [-0.2, -0.15) is 0 Å². The summed E-state index contributed by atoms with van der Waals surface area (Å²) in [7, 11) is 1.45. The minimum Gasteiger partial charge on any atom is -0.495 e. The van der Waals surface area contributed by atoms with Gasteiger partial charge in [-0.1, -0.05) is 23.9 Å². The van der Waals surface area contributed by atoms with Gasteiger partial charge in [0.05, 0.1) is 30.9 Å². The topological polar surface area (TPSA) is 70.7 Å². The molecule has 8 heteroatoms. The first-order valence-corrected chi connectivity index (χ1v) is 10.2. The number of methoxy groups -OCH3 is 1. The van der Waals surface area contributed by atoms with Crippen LogP contribution in [0.2, 0.25) is 5.02 Å². The molecule has 1 aliphatic heterocycles. The minimum absolute atomic E-state index is 0.159. The Balaban J connectivity index is 1.78. The number of piperidine rings is 1. The summed E-state index contributed by atoms with van der Waals surface area (Å²) in [6, 6.07) is 8.34. The third kappa shape index (κ3) is 5.54. The van der Waals surface area contributed by atoms with E-state index in [1.165, 1.54) is 19.2 Å². The summed E-state index contributed by atoms with van der Waals surface area (Å²) in [5, 5.41) is 5.69. The third-order valence-electron chi connectivity index (χ3n) is 5.10. The van der Waals surface area contributed by atoms with E-state index in [9.17, 15) is 14.0 Å². The number of terminal acetylenes is 1. The smallest absolute Gasteiger partial charge is 0.258 e. The number of hydrogen-bond donors (Lipinski definition) is 2. The van der Waals surface area contributed by atoms with Gasteiger partial charge in [0.1, 0.15) is 11.6 Å². The number of halogens is 2. The molecule has 1 unspecified atom stereocenters. The Morgan fingerprint density at radius 1 is 1.26 bits per heavy atom. The molecule has 0 spiro atoms. The predicted molar refractivity (Wildman–Crippen MR) is 119 cm³/mol. The van der Waals surface area contributed by atoms with Crippen LogP contribution >= 0.6 is 11.6 Å². The summed E-state index contributed by atoms with van der Waals surface area (Å²) >= 11 is 5.75. The van der Waals surface area contributed by atoms with Gasteiger partial charge in [0.25, 0.3) is 5.91 Å². The van der Waals surface area contributed by atoms with Crippen LogP contribution in [0.1, 0.15) is 29.6 Å². The summed E-state index contributed by atoms with van der Waals surface area (Å²) in [4.78, 5) is 27.4. The number of nitrogens with one attached hydrogen (secondary N) is 2. The lowest BCUT2D eigenvalue weighted by Gasteiger charge is -2.33. The molecule has 1 aliphatic rings. The van der Waals surface area contributed by atoms with E-state index >= 15 is 0 Å². The molecule has 0 aliphatic carbocycles. The third-order valence-corrected chi connectivity index (χ3v) is 5.34. The second-order valence-electron chi connectivity index (χ2n) is 7.17. The lowest BCUT2D eigenvalue weighted by molar-refractivity contribution is -0.122. The van der Waals surface area contributed by atoms with Crippen molar-refractivity contribution in [3.05, 3.63) is 52.8 Å². The fraction of sp³-hybridized carbons (Fsp3) is 0.304. The molecular formula is C23H23ClFN3O3. The molecule has 0 radical (unpaired) electrons. The van der Waals surface area contributed by atoms with E-state index in [1.807, 2.05) is 4.90 Å². The van der Waals surface area contributed by atoms with E-state index in [2.05, 4.69) is 16.6 Å². The van der Waals surface area contributed by atoms with Crippen LogP contribution in [0, 0.1) is 18.2 Å². The van der Waals surface area contributed by atoms with Crippen molar-refractivity contribution in [2.75, 3.05) is 30.8 Å². The van der Waals surface area contributed by atoms with Crippen LogP contribution in [0.25, 0.3) is 0 Å². The average Bonchev–Trinajstić information content (AvgIpc) is 2.74. The molecule has 3 rings (SSSR count). The van der Waals surface area contributed by atoms with Crippen molar-refractivity contribution in [2.45, 2.75) is 25.3 Å². The Morgan fingerprint density at radius 3 is 2.77 bits per heavy atom. The second-order valence-corrected chi connectivity index (χ2v) is 7.61. The number of anilines is 2. The van der Waals surface area contributed by atoms with Crippen LogP contribution in [0.3, 0.4) is 0 Å². The van der Waals surface area contributed by atoms with Crippen LogP contribution < -0.4 is 15.4 Å². The Hall–Kier alpha value is -3.08. The number of nitrogens with zero attached hydrogens (tertiary/aromatic N) is 1. The maximum absolute atomic E-state index is 14.1. The van der Waals surface area contributed by atoms with Crippen LogP contribution in [0.15, 0.2) is 36.4 Å². The quantitative estimate of drug-likeness (QED) is 0.657. The van der Waals surface area contributed by atoms with Gasteiger partial charge in [-0.15, -0.1) is 6.42 Å². The second kappa shape index (κ2) is 10.3. The predicted octanol–water partition coefficient (Wildman–Crippen LogP) is 4.17. The largest absolute Gasteiger partial charge is 0.495 e. The van der Waals surface area contributed by atoms with Gasteiger partial charge in [0.15, 0.2) is 0 Å². The van der Waals surface area contributed by atoms with Crippen molar-refractivity contribution >= 4 is 34.8 Å². The highest BCUT2D eigenvalue weighted by Crippen LogP contribution is 2.29. The monoisotopic (exact) mass is 443 g/mol. The molecule has 0 saturated carbocycles. The van der Waals surface area contributed by atoms with Crippen molar-refractivity contribution in [1.82, 2.24) is 4.90 Å². The number of carbonyl (C=O) groups is 2. The Kier molecular flexibility index (Phi) is 7.50. The first-order chi connectivity index (χ1) is 14.9. The van der Waals surface area contributed by atoms with E-state index < -0.39 is 11.7 Å². The highest BCUT2D eigenvalue weighted by Gasteiger charge is 2.28. The molecule has 1 atom stereocenters. The average molecular weight is 444 g/mol. The van der Waals surface area contributed by atoms with Gasteiger partial charge in [-0.3, -0.25) is 14.5 Å². The molecule has 0 aromatic heterocycles. The first-order valence-electron chi connectivity index (χ1n) is 9.85. The van der Waals surface area contributed by atoms with Crippen molar-refractivity contribution in [3.63, 3.8) is 0 Å². The fourth-order valence-corrected chi connectivity index (χ4v) is 3.73. The zero-order chi connectivity index (χ0) is 22.4. The number of likely N-dealkylation sites (tertiary alicyclic amines) is 1. The van der Waals surface area contributed by atoms with Gasteiger partial charge in [-0.05, 0) is 55.8 Å². The molecule has 162 valence electrons. The minimum atomic E-state index is -0.737. The van der Waals surface area contributed by atoms with Gasteiger partial charge >= 0.3 is 0 Å². The molecule has 0 bridgehead atoms. The zero-order valence-corrected chi connectivity index (χ0v) is 17.8. The number of ether oxygens (including phenoxy) is 1. The summed E-state index contributed by atoms with van der Waals surface area (Å²) in [6.45, 7) is 1.19. The van der Waals surface area contributed by atoms with E-state index in [0.717, 1.165) is 31.9 Å². The summed E-state index contributed by atoms with van der Waals surface area (Å²) < 4.78 is 19.4.